The maximum atomic E-state index is 12.5. The first-order valence-electron chi connectivity index (χ1n) is 6.30. The highest BCUT2D eigenvalue weighted by Gasteiger charge is 2.38. The number of aromatic nitrogens is 1. The third-order valence-corrected chi connectivity index (χ3v) is 4.19. The van der Waals surface area contributed by atoms with Gasteiger partial charge in [0.25, 0.3) is 5.91 Å². The lowest BCUT2D eigenvalue weighted by Crippen LogP contribution is -2.51. The summed E-state index contributed by atoms with van der Waals surface area (Å²) in [6.45, 7) is 1.34. The van der Waals surface area contributed by atoms with Crippen LogP contribution in [0.3, 0.4) is 0 Å². The number of amides is 1. The van der Waals surface area contributed by atoms with Gasteiger partial charge in [-0.05, 0) is 47.3 Å². The summed E-state index contributed by atoms with van der Waals surface area (Å²) in [7, 11) is 0. The lowest BCUT2D eigenvalue weighted by molar-refractivity contribution is -0.0445. The fourth-order valence-corrected chi connectivity index (χ4v) is 3.08. The number of ether oxygens (including phenoxy) is 1. The summed E-state index contributed by atoms with van der Waals surface area (Å²) in [5, 5.41) is 0. The number of halogens is 1. The van der Waals surface area contributed by atoms with Crippen molar-refractivity contribution in [2.45, 2.75) is 31.4 Å². The van der Waals surface area contributed by atoms with Gasteiger partial charge in [0.1, 0.15) is 4.60 Å². The van der Waals surface area contributed by atoms with E-state index in [1.165, 1.54) is 0 Å². The molecule has 2 unspecified atom stereocenters. The first kappa shape index (κ1) is 12.1. The summed E-state index contributed by atoms with van der Waals surface area (Å²) >= 11 is 3.28. The van der Waals surface area contributed by atoms with E-state index < -0.39 is 0 Å². The van der Waals surface area contributed by atoms with Gasteiger partial charge in [-0.2, -0.15) is 0 Å². The highest BCUT2D eigenvalue weighted by atomic mass is 79.9. The molecule has 2 aliphatic rings. The Balaban J connectivity index is 1.81. The average molecular weight is 311 g/mol. The van der Waals surface area contributed by atoms with Crippen molar-refractivity contribution in [1.29, 1.82) is 0 Å². The fraction of sp³-hybridized carbons (Fsp3) is 0.538. The number of hydrogen-bond donors (Lipinski definition) is 0. The van der Waals surface area contributed by atoms with Crippen LogP contribution in [0.5, 0.6) is 0 Å². The predicted molar refractivity (Wildman–Crippen MR) is 70.4 cm³/mol. The van der Waals surface area contributed by atoms with E-state index in [-0.39, 0.29) is 18.1 Å². The van der Waals surface area contributed by atoms with Crippen molar-refractivity contribution in [2.75, 3.05) is 13.2 Å². The zero-order valence-electron chi connectivity index (χ0n) is 10.0. The molecule has 1 saturated heterocycles. The molecule has 1 aromatic rings. The second-order valence-electron chi connectivity index (χ2n) is 4.78. The SMILES string of the molecule is O=C(c1ccc(Br)nc1)N1CCOC2CCCC21. The van der Waals surface area contributed by atoms with Crippen molar-refractivity contribution in [1.82, 2.24) is 9.88 Å². The van der Waals surface area contributed by atoms with E-state index in [1.807, 2.05) is 11.0 Å². The first-order chi connectivity index (χ1) is 8.75. The van der Waals surface area contributed by atoms with Crippen LogP contribution in [0.1, 0.15) is 29.6 Å². The van der Waals surface area contributed by atoms with Crippen molar-refractivity contribution in [3.63, 3.8) is 0 Å². The second-order valence-corrected chi connectivity index (χ2v) is 5.59. The Morgan fingerprint density at radius 2 is 2.33 bits per heavy atom. The minimum absolute atomic E-state index is 0.0789. The van der Waals surface area contributed by atoms with Crippen molar-refractivity contribution in [3.05, 3.63) is 28.5 Å². The quantitative estimate of drug-likeness (QED) is 0.747. The molecule has 1 aliphatic carbocycles. The molecule has 2 heterocycles. The van der Waals surface area contributed by atoms with Gasteiger partial charge in [-0.15, -0.1) is 0 Å². The summed E-state index contributed by atoms with van der Waals surface area (Å²) in [6.07, 6.45) is 5.16. The molecular formula is C13H15BrN2O2. The molecule has 1 aromatic heterocycles. The average Bonchev–Trinajstić information content (AvgIpc) is 2.87. The Kier molecular flexibility index (Phi) is 3.35. The number of pyridine rings is 1. The molecule has 2 fully saturated rings. The Morgan fingerprint density at radius 1 is 1.44 bits per heavy atom. The molecule has 0 radical (unpaired) electrons. The molecule has 0 spiro atoms. The van der Waals surface area contributed by atoms with Gasteiger partial charge in [0.2, 0.25) is 0 Å². The van der Waals surface area contributed by atoms with Crippen LogP contribution in [-0.2, 0) is 4.74 Å². The minimum atomic E-state index is 0.0789. The zero-order valence-corrected chi connectivity index (χ0v) is 11.6. The van der Waals surface area contributed by atoms with E-state index in [1.54, 1.807) is 12.3 Å². The molecule has 0 N–H and O–H groups in total. The van der Waals surface area contributed by atoms with Crippen molar-refractivity contribution in [3.8, 4) is 0 Å². The van der Waals surface area contributed by atoms with Crippen LogP contribution in [0.15, 0.2) is 22.9 Å². The normalized spacial score (nSPS) is 27.1. The molecule has 18 heavy (non-hydrogen) atoms. The fourth-order valence-electron chi connectivity index (χ4n) is 2.85. The molecule has 96 valence electrons. The van der Waals surface area contributed by atoms with Gasteiger partial charge < -0.3 is 9.64 Å². The molecule has 0 bridgehead atoms. The summed E-state index contributed by atoms with van der Waals surface area (Å²) in [4.78, 5) is 18.6. The Morgan fingerprint density at radius 3 is 3.11 bits per heavy atom. The van der Waals surface area contributed by atoms with E-state index in [2.05, 4.69) is 20.9 Å². The summed E-state index contributed by atoms with van der Waals surface area (Å²) < 4.78 is 6.47. The van der Waals surface area contributed by atoms with Gasteiger partial charge in [-0.3, -0.25) is 4.79 Å². The highest BCUT2D eigenvalue weighted by molar-refractivity contribution is 9.10. The smallest absolute Gasteiger partial charge is 0.255 e. The number of nitrogens with zero attached hydrogens (tertiary/aromatic N) is 2. The third-order valence-electron chi connectivity index (χ3n) is 3.72. The zero-order chi connectivity index (χ0) is 12.5. The lowest BCUT2D eigenvalue weighted by atomic mass is 10.1. The number of hydrogen-bond acceptors (Lipinski definition) is 3. The molecule has 2 atom stereocenters. The standard InChI is InChI=1S/C13H15BrN2O2/c14-12-5-4-9(8-15-12)13(17)16-6-7-18-11-3-1-2-10(11)16/h4-5,8,10-11H,1-3,6-7H2. The van der Waals surface area contributed by atoms with Crippen LogP contribution in [0.25, 0.3) is 0 Å². The van der Waals surface area contributed by atoms with Gasteiger partial charge in [0.05, 0.1) is 24.3 Å². The van der Waals surface area contributed by atoms with E-state index in [0.29, 0.717) is 18.7 Å². The van der Waals surface area contributed by atoms with Gasteiger partial charge in [0.15, 0.2) is 0 Å². The first-order valence-corrected chi connectivity index (χ1v) is 7.09. The summed E-state index contributed by atoms with van der Waals surface area (Å²) in [5.74, 6) is 0.0789. The molecule has 4 nitrogen and oxygen atoms in total. The molecular weight excluding hydrogens is 296 g/mol. The summed E-state index contributed by atoms with van der Waals surface area (Å²) in [5.41, 5.74) is 0.658. The van der Waals surface area contributed by atoms with E-state index >= 15 is 0 Å². The van der Waals surface area contributed by atoms with Crippen molar-refractivity contribution in [2.24, 2.45) is 0 Å². The topological polar surface area (TPSA) is 42.4 Å². The lowest BCUT2D eigenvalue weighted by Gasteiger charge is -2.37. The molecule has 5 heteroatoms. The number of carbonyl (C=O) groups excluding carboxylic acids is 1. The predicted octanol–water partition coefficient (Wildman–Crippen LogP) is 2.24. The molecule has 1 amide bonds. The van der Waals surface area contributed by atoms with Crippen LogP contribution >= 0.6 is 15.9 Å². The molecule has 0 aromatic carbocycles. The minimum Gasteiger partial charge on any atom is -0.374 e. The van der Waals surface area contributed by atoms with Gasteiger partial charge in [-0.25, -0.2) is 4.98 Å². The van der Waals surface area contributed by atoms with Crippen molar-refractivity contribution >= 4 is 21.8 Å². The Hall–Kier alpha value is -0.940. The monoisotopic (exact) mass is 310 g/mol. The van der Waals surface area contributed by atoms with Gasteiger partial charge in [-0.1, -0.05) is 0 Å². The maximum absolute atomic E-state index is 12.5. The van der Waals surface area contributed by atoms with Crippen LogP contribution in [0.4, 0.5) is 0 Å². The van der Waals surface area contributed by atoms with E-state index in [0.717, 1.165) is 23.9 Å². The van der Waals surface area contributed by atoms with E-state index in [9.17, 15) is 4.79 Å². The summed E-state index contributed by atoms with van der Waals surface area (Å²) in [6, 6.07) is 3.88. The van der Waals surface area contributed by atoms with Gasteiger partial charge >= 0.3 is 0 Å². The molecule has 1 saturated carbocycles. The van der Waals surface area contributed by atoms with E-state index in [4.69, 9.17) is 4.74 Å². The maximum Gasteiger partial charge on any atom is 0.255 e. The van der Waals surface area contributed by atoms with Crippen LogP contribution in [-0.4, -0.2) is 41.1 Å². The van der Waals surface area contributed by atoms with Crippen LogP contribution in [0.2, 0.25) is 0 Å². The number of rotatable bonds is 1. The van der Waals surface area contributed by atoms with Gasteiger partial charge in [0, 0.05) is 12.7 Å². The largest absolute Gasteiger partial charge is 0.374 e. The molecule has 1 aliphatic heterocycles. The Bertz CT molecular complexity index is 449. The van der Waals surface area contributed by atoms with Crippen LogP contribution in [0, 0.1) is 0 Å². The number of carbonyl (C=O) groups is 1. The van der Waals surface area contributed by atoms with Crippen molar-refractivity contribution < 1.29 is 9.53 Å². The second kappa shape index (κ2) is 4.97. The number of fused-ring (bicyclic) bond motifs is 1. The molecule has 3 rings (SSSR count). The Labute approximate surface area is 114 Å². The van der Waals surface area contributed by atoms with Crippen LogP contribution < -0.4 is 0 Å². The number of morpholine rings is 1. The highest BCUT2D eigenvalue weighted by Crippen LogP contribution is 2.30. The third kappa shape index (κ3) is 2.17.